The normalized spacial score (nSPS) is 11.2. The Kier molecular flexibility index (Phi) is 3.83. The molecule has 0 N–H and O–H groups in total. The van der Waals surface area contributed by atoms with Crippen molar-refractivity contribution < 1.29 is 4.57 Å². The van der Waals surface area contributed by atoms with Crippen LogP contribution in [0.2, 0.25) is 0 Å². The number of aryl methyl sites for hydroxylation is 3. The molecule has 2 heterocycles. The number of imidazole rings is 1. The molecule has 0 radical (unpaired) electrons. The van der Waals surface area contributed by atoms with Crippen LogP contribution in [0.4, 0.5) is 0 Å². The predicted octanol–water partition coefficient (Wildman–Crippen LogP) is 2.81. The Morgan fingerprint density at radius 2 is 1.75 bits per heavy atom. The lowest BCUT2D eigenvalue weighted by Gasteiger charge is -1.99. The van der Waals surface area contributed by atoms with Crippen LogP contribution in [0.3, 0.4) is 0 Å². The highest BCUT2D eigenvalue weighted by Crippen LogP contribution is 2.15. The second kappa shape index (κ2) is 6.28. The van der Waals surface area contributed by atoms with E-state index in [1.165, 1.54) is 11.0 Å². The van der Waals surface area contributed by atoms with Crippen molar-refractivity contribution in [2.45, 2.75) is 19.5 Å². The lowest BCUT2D eigenvalue weighted by Crippen LogP contribution is -2.25. The maximum Gasteiger partial charge on any atom is 0.244 e. The molecule has 0 amide bonds. The Hall–Kier alpha value is -2.95. The van der Waals surface area contributed by atoms with Gasteiger partial charge in [-0.2, -0.15) is 0 Å². The van der Waals surface area contributed by atoms with Crippen molar-refractivity contribution in [3.8, 4) is 11.3 Å². The van der Waals surface area contributed by atoms with E-state index in [-0.39, 0.29) is 0 Å². The second-order valence-corrected chi connectivity index (χ2v) is 5.99. The van der Waals surface area contributed by atoms with Gasteiger partial charge in [0.1, 0.15) is 5.69 Å². The van der Waals surface area contributed by atoms with Gasteiger partial charge in [0.15, 0.2) is 11.0 Å². The average Bonchev–Trinajstić information content (AvgIpc) is 3.22. The Morgan fingerprint density at radius 1 is 0.958 bits per heavy atom. The fourth-order valence-electron chi connectivity index (χ4n) is 3.07. The van der Waals surface area contributed by atoms with Crippen LogP contribution in [0.15, 0.2) is 67.1 Å². The molecule has 5 nitrogen and oxygen atoms in total. The van der Waals surface area contributed by atoms with Crippen LogP contribution in [0.5, 0.6) is 0 Å². The van der Waals surface area contributed by atoms with Gasteiger partial charge in [0.2, 0.25) is 6.33 Å². The number of benzene rings is 2. The van der Waals surface area contributed by atoms with Crippen LogP contribution in [0.25, 0.3) is 22.3 Å². The first kappa shape index (κ1) is 14.6. The number of hydrogen-bond acceptors (Lipinski definition) is 2. The fraction of sp³-hybridized carbons (Fsp3) is 0.211. The molecule has 0 fully saturated rings. The summed E-state index contributed by atoms with van der Waals surface area (Å²) in [5, 5.41) is 8.51. The first-order valence-electron chi connectivity index (χ1n) is 8.20. The summed E-state index contributed by atoms with van der Waals surface area (Å²) in [5.41, 5.74) is 4.55. The molecule has 4 aromatic rings. The smallest absolute Gasteiger partial charge is 0.244 e. The summed E-state index contributed by atoms with van der Waals surface area (Å²) in [7, 11) is 2.09. The molecule has 0 aliphatic carbocycles. The lowest BCUT2D eigenvalue weighted by atomic mass is 10.2. The number of rotatable bonds is 5. The van der Waals surface area contributed by atoms with E-state index in [2.05, 4.69) is 69.2 Å². The van der Waals surface area contributed by atoms with Crippen LogP contribution in [-0.2, 0) is 20.1 Å². The summed E-state index contributed by atoms with van der Waals surface area (Å²) < 4.78 is 6.39. The van der Waals surface area contributed by atoms with Crippen LogP contribution < -0.4 is 4.57 Å². The summed E-state index contributed by atoms with van der Waals surface area (Å²) >= 11 is 0. The molecule has 4 rings (SSSR count). The molecular weight excluding hydrogens is 298 g/mol. The first-order valence-corrected chi connectivity index (χ1v) is 8.20. The van der Waals surface area contributed by atoms with Crippen molar-refractivity contribution in [3.05, 3.63) is 67.1 Å². The van der Waals surface area contributed by atoms with E-state index >= 15 is 0 Å². The zero-order valence-corrected chi connectivity index (χ0v) is 13.7. The predicted molar refractivity (Wildman–Crippen MR) is 93.2 cm³/mol. The Balaban J connectivity index is 1.43. The lowest BCUT2D eigenvalue weighted by molar-refractivity contribution is -0.645. The second-order valence-electron chi connectivity index (χ2n) is 5.99. The van der Waals surface area contributed by atoms with Crippen LogP contribution in [-0.4, -0.2) is 19.6 Å². The van der Waals surface area contributed by atoms with E-state index in [0.717, 1.165) is 30.8 Å². The van der Waals surface area contributed by atoms with E-state index in [1.807, 2.05) is 29.1 Å². The highest BCUT2D eigenvalue weighted by Gasteiger charge is 2.12. The third-order valence-corrected chi connectivity index (χ3v) is 4.28. The molecule has 0 aliphatic heterocycles. The summed E-state index contributed by atoms with van der Waals surface area (Å²) in [6, 6.07) is 18.6. The maximum atomic E-state index is 4.27. The molecule has 0 bridgehead atoms. The largest absolute Gasteiger partial charge is 0.252 e. The van der Waals surface area contributed by atoms with Gasteiger partial charge in [-0.25, -0.2) is 9.13 Å². The van der Waals surface area contributed by atoms with Gasteiger partial charge in [-0.3, -0.25) is 4.68 Å². The van der Waals surface area contributed by atoms with Crippen molar-refractivity contribution in [2.75, 3.05) is 0 Å². The molecule has 120 valence electrons. The third-order valence-electron chi connectivity index (χ3n) is 4.28. The zero-order chi connectivity index (χ0) is 16.4. The number of fused-ring (bicyclic) bond motifs is 1. The Labute approximate surface area is 140 Å². The van der Waals surface area contributed by atoms with Crippen molar-refractivity contribution >= 4 is 11.0 Å². The van der Waals surface area contributed by atoms with Gasteiger partial charge < -0.3 is 0 Å². The van der Waals surface area contributed by atoms with E-state index in [9.17, 15) is 0 Å². The van der Waals surface area contributed by atoms with Crippen molar-refractivity contribution in [1.82, 2.24) is 19.6 Å². The van der Waals surface area contributed by atoms with E-state index in [4.69, 9.17) is 0 Å². The molecule has 2 aromatic heterocycles. The fourth-order valence-corrected chi connectivity index (χ4v) is 3.07. The molecule has 24 heavy (non-hydrogen) atoms. The maximum absolute atomic E-state index is 4.27. The molecule has 0 spiro atoms. The molecule has 0 atom stereocenters. The first-order chi connectivity index (χ1) is 11.8. The molecule has 0 saturated carbocycles. The minimum Gasteiger partial charge on any atom is -0.252 e. The summed E-state index contributed by atoms with van der Waals surface area (Å²) in [4.78, 5) is 0. The number of para-hydroxylation sites is 2. The van der Waals surface area contributed by atoms with Crippen LogP contribution >= 0.6 is 0 Å². The minimum absolute atomic E-state index is 0.857. The summed E-state index contributed by atoms with van der Waals surface area (Å²) in [5.74, 6) is 0. The van der Waals surface area contributed by atoms with Crippen molar-refractivity contribution in [1.29, 1.82) is 0 Å². The van der Waals surface area contributed by atoms with E-state index in [1.54, 1.807) is 0 Å². The Morgan fingerprint density at radius 3 is 2.62 bits per heavy atom. The van der Waals surface area contributed by atoms with Gasteiger partial charge in [0.25, 0.3) is 0 Å². The molecular formula is C19H20N5+. The van der Waals surface area contributed by atoms with Crippen LogP contribution in [0.1, 0.15) is 6.42 Å². The molecule has 5 heteroatoms. The summed E-state index contributed by atoms with van der Waals surface area (Å²) in [6.07, 6.45) is 5.18. The molecule has 0 unspecified atom stereocenters. The highest BCUT2D eigenvalue weighted by atomic mass is 15.4. The van der Waals surface area contributed by atoms with Gasteiger partial charge in [0, 0.05) is 18.5 Å². The zero-order valence-electron chi connectivity index (χ0n) is 13.7. The highest BCUT2D eigenvalue weighted by molar-refractivity contribution is 5.71. The molecule has 0 aliphatic rings. The van der Waals surface area contributed by atoms with Gasteiger partial charge in [-0.05, 0) is 12.1 Å². The molecule has 0 saturated heterocycles. The van der Waals surface area contributed by atoms with E-state index < -0.39 is 0 Å². The SMILES string of the molecule is C[n+]1cn(CCCn2cc(-c3ccccc3)nn2)c2ccccc21. The topological polar surface area (TPSA) is 39.5 Å². The average molecular weight is 318 g/mol. The van der Waals surface area contributed by atoms with E-state index in [0.29, 0.717) is 0 Å². The van der Waals surface area contributed by atoms with Crippen molar-refractivity contribution in [3.63, 3.8) is 0 Å². The van der Waals surface area contributed by atoms with Gasteiger partial charge in [-0.1, -0.05) is 47.7 Å². The van der Waals surface area contributed by atoms with Crippen LogP contribution in [0, 0.1) is 0 Å². The quantitative estimate of drug-likeness (QED) is 0.531. The number of aromatic nitrogens is 5. The molecule has 2 aromatic carbocycles. The van der Waals surface area contributed by atoms with Gasteiger partial charge in [-0.15, -0.1) is 5.10 Å². The third kappa shape index (κ3) is 2.80. The standard InChI is InChI=1S/C19H20N5/c1-22-15-23(19-11-6-5-10-18(19)22)12-7-13-24-14-17(20-21-24)16-8-3-2-4-9-16/h2-6,8-11,14-15H,7,12-13H2,1H3/q+1. The Bertz CT molecular complexity index is 952. The van der Waals surface area contributed by atoms with Gasteiger partial charge in [0.05, 0.1) is 19.8 Å². The monoisotopic (exact) mass is 318 g/mol. The minimum atomic E-state index is 0.857. The number of hydrogen-bond donors (Lipinski definition) is 0. The number of nitrogens with zero attached hydrogens (tertiary/aromatic N) is 5. The summed E-state index contributed by atoms with van der Waals surface area (Å²) in [6.45, 7) is 1.82. The van der Waals surface area contributed by atoms with Crippen molar-refractivity contribution in [2.24, 2.45) is 7.05 Å². The van der Waals surface area contributed by atoms with Gasteiger partial charge >= 0.3 is 0 Å².